The maximum atomic E-state index is 12.2. The number of anilines is 2. The number of methoxy groups -OCH3 is 2. The third kappa shape index (κ3) is 3.53. The molecule has 3 aromatic rings. The van der Waals surface area contributed by atoms with Crippen LogP contribution in [-0.4, -0.2) is 43.3 Å². The Morgan fingerprint density at radius 3 is 2.63 bits per heavy atom. The van der Waals surface area contributed by atoms with Crippen LogP contribution in [0.5, 0.6) is 11.5 Å². The summed E-state index contributed by atoms with van der Waals surface area (Å²) in [6.07, 6.45) is 0.941. The molecule has 1 aliphatic rings. The van der Waals surface area contributed by atoms with Crippen molar-refractivity contribution in [1.29, 1.82) is 0 Å². The number of aromatic amines is 1. The standard InChI is InChI=1S/C20H22N4O3/c1-26-15-9-14(10-16(11-15)27-2)24-8-7-13(12-24)21-20-22-18-6-4-3-5-17(18)19(25)23-20/h3-6,9-11,13H,7-8,12H2,1-2H3,(H2,21,22,23,25). The highest BCUT2D eigenvalue weighted by atomic mass is 16.5. The lowest BCUT2D eigenvalue weighted by molar-refractivity contribution is 0.394. The molecule has 7 nitrogen and oxygen atoms in total. The molecule has 1 saturated heterocycles. The Balaban J connectivity index is 1.51. The average Bonchev–Trinajstić information content (AvgIpc) is 3.16. The monoisotopic (exact) mass is 366 g/mol. The van der Waals surface area contributed by atoms with Gasteiger partial charge in [0.1, 0.15) is 11.5 Å². The zero-order valence-corrected chi connectivity index (χ0v) is 15.4. The second-order valence-electron chi connectivity index (χ2n) is 6.58. The highest BCUT2D eigenvalue weighted by Gasteiger charge is 2.24. The van der Waals surface area contributed by atoms with E-state index in [1.54, 1.807) is 20.3 Å². The molecule has 1 aromatic heterocycles. The van der Waals surface area contributed by atoms with Crippen LogP contribution in [0.15, 0.2) is 47.3 Å². The Kier molecular flexibility index (Phi) is 4.58. The number of H-pyrrole nitrogens is 1. The largest absolute Gasteiger partial charge is 0.497 e. The number of para-hydroxylation sites is 1. The van der Waals surface area contributed by atoms with Gasteiger partial charge in [0.05, 0.1) is 25.1 Å². The quantitative estimate of drug-likeness (QED) is 0.723. The first-order valence-electron chi connectivity index (χ1n) is 8.90. The van der Waals surface area contributed by atoms with E-state index in [0.29, 0.717) is 16.9 Å². The van der Waals surface area contributed by atoms with Crippen molar-refractivity contribution in [3.63, 3.8) is 0 Å². The Morgan fingerprint density at radius 2 is 1.89 bits per heavy atom. The zero-order chi connectivity index (χ0) is 18.8. The van der Waals surface area contributed by atoms with Gasteiger partial charge in [-0.15, -0.1) is 0 Å². The summed E-state index contributed by atoms with van der Waals surface area (Å²) >= 11 is 0. The Morgan fingerprint density at radius 1 is 1.15 bits per heavy atom. The minimum atomic E-state index is -0.129. The first-order chi connectivity index (χ1) is 13.2. The van der Waals surface area contributed by atoms with Crippen molar-refractivity contribution in [3.05, 3.63) is 52.8 Å². The summed E-state index contributed by atoms with van der Waals surface area (Å²) in [5.74, 6) is 2.04. The molecule has 1 fully saturated rings. The summed E-state index contributed by atoms with van der Waals surface area (Å²) in [5, 5.41) is 3.96. The van der Waals surface area contributed by atoms with Crippen LogP contribution in [0.3, 0.4) is 0 Å². The molecule has 27 heavy (non-hydrogen) atoms. The number of benzene rings is 2. The van der Waals surface area contributed by atoms with E-state index in [4.69, 9.17) is 9.47 Å². The second-order valence-corrected chi connectivity index (χ2v) is 6.58. The van der Waals surface area contributed by atoms with E-state index in [1.807, 2.05) is 36.4 Å². The highest BCUT2D eigenvalue weighted by molar-refractivity contribution is 5.78. The molecule has 140 valence electrons. The second kappa shape index (κ2) is 7.19. The number of nitrogens with zero attached hydrogens (tertiary/aromatic N) is 2. The number of rotatable bonds is 5. The van der Waals surface area contributed by atoms with Gasteiger partial charge >= 0.3 is 0 Å². The molecule has 0 radical (unpaired) electrons. The molecule has 2 N–H and O–H groups in total. The predicted octanol–water partition coefficient (Wildman–Crippen LogP) is 2.63. The molecule has 1 aliphatic heterocycles. The topological polar surface area (TPSA) is 79.5 Å². The maximum Gasteiger partial charge on any atom is 0.260 e. The molecule has 2 aromatic carbocycles. The lowest BCUT2D eigenvalue weighted by Crippen LogP contribution is -2.27. The smallest absolute Gasteiger partial charge is 0.260 e. The fourth-order valence-corrected chi connectivity index (χ4v) is 3.44. The van der Waals surface area contributed by atoms with Crippen LogP contribution in [-0.2, 0) is 0 Å². The van der Waals surface area contributed by atoms with Crippen LogP contribution in [0, 0.1) is 0 Å². The number of nitrogens with one attached hydrogen (secondary N) is 2. The van der Waals surface area contributed by atoms with Crippen molar-refractivity contribution in [2.24, 2.45) is 0 Å². The molecule has 7 heteroatoms. The van der Waals surface area contributed by atoms with E-state index in [-0.39, 0.29) is 11.6 Å². The summed E-state index contributed by atoms with van der Waals surface area (Å²) in [7, 11) is 3.29. The molecular weight excluding hydrogens is 344 g/mol. The molecular formula is C20H22N4O3. The molecule has 1 atom stereocenters. The van der Waals surface area contributed by atoms with Gasteiger partial charge in [0.15, 0.2) is 0 Å². The van der Waals surface area contributed by atoms with E-state index in [9.17, 15) is 4.79 Å². The van der Waals surface area contributed by atoms with Crippen LogP contribution in [0.1, 0.15) is 6.42 Å². The van der Waals surface area contributed by atoms with E-state index < -0.39 is 0 Å². The van der Waals surface area contributed by atoms with Gasteiger partial charge < -0.3 is 19.7 Å². The van der Waals surface area contributed by atoms with Gasteiger partial charge in [-0.3, -0.25) is 9.78 Å². The van der Waals surface area contributed by atoms with Gasteiger partial charge in [-0.05, 0) is 18.6 Å². The van der Waals surface area contributed by atoms with E-state index >= 15 is 0 Å². The molecule has 0 spiro atoms. The van der Waals surface area contributed by atoms with E-state index in [0.717, 1.165) is 36.7 Å². The molecule has 1 unspecified atom stereocenters. The van der Waals surface area contributed by atoms with Crippen LogP contribution in [0.2, 0.25) is 0 Å². The fraction of sp³-hybridized carbons (Fsp3) is 0.300. The summed E-state index contributed by atoms with van der Waals surface area (Å²) in [4.78, 5) is 21.9. The molecule has 2 heterocycles. The van der Waals surface area contributed by atoms with Crippen molar-refractivity contribution in [3.8, 4) is 11.5 Å². The normalized spacial score (nSPS) is 16.5. The molecule has 0 amide bonds. The minimum absolute atomic E-state index is 0.129. The van der Waals surface area contributed by atoms with Gasteiger partial charge in [0.2, 0.25) is 5.95 Å². The number of fused-ring (bicyclic) bond motifs is 1. The SMILES string of the molecule is COc1cc(OC)cc(N2CCC(Nc3nc4ccccc4c(=O)[nH]3)C2)c1. The van der Waals surface area contributed by atoms with Crippen molar-refractivity contribution in [2.45, 2.75) is 12.5 Å². The Bertz CT molecular complexity index is 995. The number of ether oxygens (including phenoxy) is 2. The zero-order valence-electron chi connectivity index (χ0n) is 15.4. The first-order valence-corrected chi connectivity index (χ1v) is 8.90. The van der Waals surface area contributed by atoms with Gasteiger partial charge in [-0.1, -0.05) is 12.1 Å². The maximum absolute atomic E-state index is 12.2. The van der Waals surface area contributed by atoms with Gasteiger partial charge in [-0.2, -0.15) is 0 Å². The van der Waals surface area contributed by atoms with Crippen molar-refractivity contribution >= 4 is 22.5 Å². The van der Waals surface area contributed by atoms with Crippen molar-refractivity contribution in [1.82, 2.24) is 9.97 Å². The highest BCUT2D eigenvalue weighted by Crippen LogP contribution is 2.30. The summed E-state index contributed by atoms with van der Waals surface area (Å²) < 4.78 is 10.7. The molecule has 0 bridgehead atoms. The Labute approximate surface area is 156 Å². The average molecular weight is 366 g/mol. The van der Waals surface area contributed by atoms with E-state index in [2.05, 4.69) is 20.2 Å². The fourth-order valence-electron chi connectivity index (χ4n) is 3.44. The molecule has 4 rings (SSSR count). The van der Waals surface area contributed by atoms with Crippen molar-refractivity contribution in [2.75, 3.05) is 37.5 Å². The van der Waals surface area contributed by atoms with Crippen LogP contribution >= 0.6 is 0 Å². The van der Waals surface area contributed by atoms with Crippen LogP contribution < -0.4 is 25.2 Å². The lowest BCUT2D eigenvalue weighted by atomic mass is 10.2. The third-order valence-corrected chi connectivity index (χ3v) is 4.84. The van der Waals surface area contributed by atoms with Gasteiger partial charge in [0.25, 0.3) is 5.56 Å². The van der Waals surface area contributed by atoms with Gasteiger partial charge in [0, 0.05) is 43.0 Å². The van der Waals surface area contributed by atoms with Crippen molar-refractivity contribution < 1.29 is 9.47 Å². The summed E-state index contributed by atoms with van der Waals surface area (Å²) in [5.41, 5.74) is 1.61. The van der Waals surface area contributed by atoms with Crippen LogP contribution in [0.25, 0.3) is 10.9 Å². The number of hydrogen-bond donors (Lipinski definition) is 2. The number of hydrogen-bond acceptors (Lipinski definition) is 6. The lowest BCUT2D eigenvalue weighted by Gasteiger charge is -2.20. The van der Waals surface area contributed by atoms with Crippen LogP contribution in [0.4, 0.5) is 11.6 Å². The van der Waals surface area contributed by atoms with E-state index in [1.165, 1.54) is 0 Å². The Hall–Kier alpha value is -3.22. The first kappa shape index (κ1) is 17.2. The summed E-state index contributed by atoms with van der Waals surface area (Å²) in [6, 6.07) is 13.4. The van der Waals surface area contributed by atoms with Gasteiger partial charge in [-0.25, -0.2) is 4.98 Å². The number of aromatic nitrogens is 2. The predicted molar refractivity (Wildman–Crippen MR) is 106 cm³/mol. The molecule has 0 aliphatic carbocycles. The molecule has 0 saturated carbocycles. The third-order valence-electron chi connectivity index (χ3n) is 4.84. The summed E-state index contributed by atoms with van der Waals surface area (Å²) in [6.45, 7) is 1.69. The minimum Gasteiger partial charge on any atom is -0.497 e.